The molecule has 4 aromatic rings. The summed E-state index contributed by atoms with van der Waals surface area (Å²) in [7, 11) is 0. The molecule has 2 aliphatic carbocycles. The van der Waals surface area contributed by atoms with E-state index in [2.05, 4.69) is 46.5 Å². The van der Waals surface area contributed by atoms with Gasteiger partial charge in [0.05, 0.1) is 22.9 Å². The number of carboxylic acid groups (broad SMARTS) is 1. The van der Waals surface area contributed by atoms with Crippen molar-refractivity contribution < 1.29 is 38.6 Å². The normalized spacial score (nSPS) is 21.8. The summed E-state index contributed by atoms with van der Waals surface area (Å²) < 4.78 is 10.6. The fourth-order valence-corrected chi connectivity index (χ4v) is 7.51. The molecule has 5 amide bonds. The first-order chi connectivity index (χ1) is 29.6. The van der Waals surface area contributed by atoms with Gasteiger partial charge in [0.2, 0.25) is 11.8 Å². The Labute approximate surface area is 352 Å². The third-order valence-corrected chi connectivity index (χ3v) is 11.3. The standard InChI is InChI=1S/C22H25N5O5.C21H25N5O3/c28-18(26-22(8-9-22)19-23-10-4-11-24-19)16-13-27(21(30)31)12-7-17(16)25-20(29)32-14-15-5-2-1-3-6-15;27-18(26-21(8-9-21)19-23-10-4-11-24-19)16-13-22-12-7-17(16)25-20(28)29-14-15-5-2-1-3-6-15/h1-6,10-11,16-17H,7-9,12-14H2,(H,25,29)(H,26,28)(H,30,31);1-6,10-11,16-17,22H,7-9,12-14H2,(H,25,28)(H,26,27)/t2*16-,17-/m00/s1. The monoisotopic (exact) mass is 834 g/mol. The highest BCUT2D eigenvalue weighted by molar-refractivity contribution is 5.83. The number of ether oxygens (including phenoxy) is 2. The lowest BCUT2D eigenvalue weighted by Gasteiger charge is -2.37. The second-order valence-electron chi connectivity index (χ2n) is 15.6. The summed E-state index contributed by atoms with van der Waals surface area (Å²) in [6.45, 7) is 1.74. The van der Waals surface area contributed by atoms with Crippen molar-refractivity contribution in [3.05, 3.63) is 120 Å². The fourth-order valence-electron chi connectivity index (χ4n) is 7.51. The van der Waals surface area contributed by atoms with E-state index in [0.717, 1.165) is 30.5 Å². The van der Waals surface area contributed by atoms with Gasteiger partial charge in [-0.05, 0) is 68.3 Å². The lowest BCUT2D eigenvalue weighted by molar-refractivity contribution is -0.129. The maximum atomic E-state index is 13.2. The highest BCUT2D eigenvalue weighted by Crippen LogP contribution is 2.44. The molecular weight excluding hydrogens is 785 g/mol. The van der Waals surface area contributed by atoms with Crippen LogP contribution in [0.4, 0.5) is 14.4 Å². The summed E-state index contributed by atoms with van der Waals surface area (Å²) in [4.78, 5) is 80.6. The van der Waals surface area contributed by atoms with Gasteiger partial charge in [0.15, 0.2) is 11.6 Å². The van der Waals surface area contributed by atoms with Gasteiger partial charge in [0.25, 0.3) is 0 Å². The number of benzene rings is 2. The van der Waals surface area contributed by atoms with Gasteiger partial charge >= 0.3 is 18.3 Å². The maximum Gasteiger partial charge on any atom is 0.407 e. The molecule has 61 heavy (non-hydrogen) atoms. The number of carbonyl (C=O) groups excluding carboxylic acids is 4. The summed E-state index contributed by atoms with van der Waals surface area (Å²) >= 11 is 0. The highest BCUT2D eigenvalue weighted by atomic mass is 16.6. The van der Waals surface area contributed by atoms with E-state index >= 15 is 0 Å². The number of hydrogen-bond acceptors (Lipinski definition) is 12. The number of nitrogens with zero attached hydrogens (tertiary/aromatic N) is 5. The topological polar surface area (TPSA) is 239 Å². The van der Waals surface area contributed by atoms with Crippen molar-refractivity contribution >= 4 is 30.1 Å². The first-order valence-corrected chi connectivity index (χ1v) is 20.5. The molecule has 4 fully saturated rings. The third-order valence-electron chi connectivity index (χ3n) is 11.3. The third kappa shape index (κ3) is 11.3. The van der Waals surface area contributed by atoms with Crippen LogP contribution in [0.15, 0.2) is 97.6 Å². The van der Waals surface area contributed by atoms with E-state index in [1.807, 2.05) is 60.7 Å². The lowest BCUT2D eigenvalue weighted by atomic mass is 9.91. The van der Waals surface area contributed by atoms with Crippen molar-refractivity contribution in [3.63, 3.8) is 0 Å². The summed E-state index contributed by atoms with van der Waals surface area (Å²) in [5.74, 6) is -0.403. The zero-order valence-electron chi connectivity index (χ0n) is 33.6. The van der Waals surface area contributed by atoms with Crippen molar-refractivity contribution in [2.45, 2.75) is 74.9 Å². The van der Waals surface area contributed by atoms with Crippen LogP contribution in [0.25, 0.3) is 0 Å². The number of amides is 5. The molecule has 2 aliphatic heterocycles. The summed E-state index contributed by atoms with van der Waals surface area (Å²) in [6, 6.07) is 21.4. The van der Waals surface area contributed by atoms with Gasteiger partial charge in [-0.25, -0.2) is 34.3 Å². The van der Waals surface area contributed by atoms with Gasteiger partial charge in [-0.3, -0.25) is 9.59 Å². The molecule has 8 rings (SSSR count). The number of rotatable bonds is 12. The van der Waals surface area contributed by atoms with Crippen molar-refractivity contribution in [2.75, 3.05) is 26.2 Å². The number of alkyl carbamates (subject to hydrolysis) is 2. The van der Waals surface area contributed by atoms with Crippen molar-refractivity contribution in [3.8, 4) is 0 Å². The predicted octanol–water partition coefficient (Wildman–Crippen LogP) is 3.36. The van der Waals surface area contributed by atoms with E-state index in [0.29, 0.717) is 43.9 Å². The molecule has 4 aliphatic rings. The first-order valence-electron chi connectivity index (χ1n) is 20.5. The van der Waals surface area contributed by atoms with Crippen LogP contribution in [0.2, 0.25) is 0 Å². The van der Waals surface area contributed by atoms with E-state index in [4.69, 9.17) is 9.47 Å². The lowest BCUT2D eigenvalue weighted by Crippen LogP contribution is -2.57. The Kier molecular flexibility index (Phi) is 13.6. The van der Waals surface area contributed by atoms with Crippen LogP contribution in [0, 0.1) is 11.8 Å². The van der Waals surface area contributed by atoms with Crippen molar-refractivity contribution in [1.82, 2.24) is 51.4 Å². The quantitative estimate of drug-likeness (QED) is 0.120. The Balaban J connectivity index is 0.000000185. The molecule has 2 saturated heterocycles. The van der Waals surface area contributed by atoms with Crippen LogP contribution in [0.1, 0.15) is 61.3 Å². The average Bonchev–Trinajstić information content (AvgIpc) is 4.24. The SMILES string of the molecule is O=C(N[C@H]1CCN(C(=O)O)C[C@@H]1C(=O)NC1(c2ncccn2)CC1)OCc1ccccc1.O=C(N[C@H]1CCNC[C@@H]1C(=O)NC1(c2ncccn2)CC1)OCc1ccccc1. The number of likely N-dealkylation sites (tertiary alicyclic amines) is 1. The number of carbonyl (C=O) groups is 5. The predicted molar refractivity (Wildman–Crippen MR) is 218 cm³/mol. The Bertz CT molecular complexity index is 2110. The minimum Gasteiger partial charge on any atom is -0.465 e. The molecule has 0 spiro atoms. The minimum absolute atomic E-state index is 0.0173. The molecule has 2 saturated carbocycles. The zero-order chi connectivity index (χ0) is 42.7. The second kappa shape index (κ2) is 19.6. The van der Waals surface area contributed by atoms with Crippen molar-refractivity contribution in [2.24, 2.45) is 11.8 Å². The van der Waals surface area contributed by atoms with Crippen LogP contribution in [0.5, 0.6) is 0 Å². The van der Waals surface area contributed by atoms with Crippen molar-refractivity contribution in [1.29, 1.82) is 0 Å². The van der Waals surface area contributed by atoms with E-state index in [1.165, 1.54) is 4.90 Å². The van der Waals surface area contributed by atoms with Crippen LogP contribution in [0.3, 0.4) is 0 Å². The van der Waals surface area contributed by atoms with Gasteiger partial charge in [0.1, 0.15) is 13.2 Å². The molecule has 4 atom stereocenters. The summed E-state index contributed by atoms with van der Waals surface area (Å²) in [5, 5.41) is 24.4. The molecule has 0 unspecified atom stereocenters. The van der Waals surface area contributed by atoms with E-state index in [9.17, 15) is 29.1 Å². The Morgan fingerprint density at radius 2 is 1.11 bits per heavy atom. The average molecular weight is 835 g/mol. The number of aromatic nitrogens is 4. The molecule has 2 aromatic carbocycles. The molecule has 4 heterocycles. The summed E-state index contributed by atoms with van der Waals surface area (Å²) in [5.41, 5.74) is 0.646. The molecular formula is C43H50N10O8. The van der Waals surface area contributed by atoms with E-state index in [1.54, 1.807) is 36.9 Å². The molecule has 320 valence electrons. The Morgan fingerprint density at radius 3 is 1.57 bits per heavy atom. The van der Waals surface area contributed by atoms with Crippen LogP contribution in [-0.2, 0) is 43.4 Å². The van der Waals surface area contributed by atoms with Gasteiger partial charge in [-0.1, -0.05) is 60.7 Å². The van der Waals surface area contributed by atoms with Gasteiger partial charge in [-0.15, -0.1) is 0 Å². The number of hydrogen-bond donors (Lipinski definition) is 6. The fraction of sp³-hybridized carbons (Fsp3) is 0.419. The van der Waals surface area contributed by atoms with E-state index < -0.39 is 41.3 Å². The van der Waals surface area contributed by atoms with Gasteiger partial charge in [-0.2, -0.15) is 0 Å². The number of nitrogens with one attached hydrogen (secondary N) is 5. The Hall–Kier alpha value is -6.69. The smallest absolute Gasteiger partial charge is 0.407 e. The first kappa shape index (κ1) is 42.4. The Morgan fingerprint density at radius 1 is 0.656 bits per heavy atom. The molecule has 18 nitrogen and oxygen atoms in total. The largest absolute Gasteiger partial charge is 0.465 e. The van der Waals surface area contributed by atoms with E-state index in [-0.39, 0.29) is 50.1 Å². The van der Waals surface area contributed by atoms with Gasteiger partial charge < -0.3 is 46.1 Å². The molecule has 18 heteroatoms. The number of piperidine rings is 2. The maximum absolute atomic E-state index is 13.2. The second-order valence-corrected chi connectivity index (χ2v) is 15.6. The molecule has 2 aromatic heterocycles. The van der Waals surface area contributed by atoms with Crippen LogP contribution in [-0.4, -0.2) is 98.3 Å². The van der Waals surface area contributed by atoms with Gasteiger partial charge in [0, 0.05) is 56.5 Å². The summed E-state index contributed by atoms with van der Waals surface area (Å²) in [6.07, 6.45) is 8.37. The molecule has 0 bridgehead atoms. The highest BCUT2D eigenvalue weighted by Gasteiger charge is 2.51. The molecule has 6 N–H and O–H groups in total. The van der Waals surface area contributed by atoms with Crippen LogP contribution >= 0.6 is 0 Å². The minimum atomic E-state index is -1.10. The van der Waals surface area contributed by atoms with Crippen LogP contribution < -0.4 is 26.6 Å². The zero-order valence-corrected chi connectivity index (χ0v) is 33.6. The molecule has 0 radical (unpaired) electrons.